The van der Waals surface area contributed by atoms with Crippen LogP contribution in [0.15, 0.2) is 35.1 Å². The summed E-state index contributed by atoms with van der Waals surface area (Å²) in [5, 5.41) is 5.21. The predicted molar refractivity (Wildman–Crippen MR) is 68.1 cm³/mol. The molecule has 0 spiro atoms. The fourth-order valence-electron chi connectivity index (χ4n) is 0.942. The van der Waals surface area contributed by atoms with Gasteiger partial charge in [0, 0.05) is 16.9 Å². The van der Waals surface area contributed by atoms with Crippen LogP contribution in [0.2, 0.25) is 0 Å². The van der Waals surface area contributed by atoms with Crippen LogP contribution in [0.25, 0.3) is 0 Å². The summed E-state index contributed by atoms with van der Waals surface area (Å²) in [6.07, 6.45) is 5.13. The number of allylic oxidation sites excluding steroid dienone is 1. The number of nitrogens with zero attached hydrogens (tertiary/aromatic N) is 1. The van der Waals surface area contributed by atoms with E-state index in [-0.39, 0.29) is 6.03 Å². The Labute approximate surface area is 103 Å². The Hall–Kier alpha value is -1.36. The number of urea groups is 1. The molecular weight excluding hydrogens is 270 g/mol. The predicted octanol–water partition coefficient (Wildman–Crippen LogP) is 3.14. The van der Waals surface area contributed by atoms with Crippen LogP contribution >= 0.6 is 15.9 Å². The summed E-state index contributed by atoms with van der Waals surface area (Å²) < 4.78 is 0.871. The Bertz CT molecular complexity index is 391. The molecule has 2 amide bonds. The van der Waals surface area contributed by atoms with E-state index in [9.17, 15) is 4.79 Å². The van der Waals surface area contributed by atoms with Gasteiger partial charge in [0.2, 0.25) is 0 Å². The van der Waals surface area contributed by atoms with Crippen molar-refractivity contribution in [3.8, 4) is 0 Å². The molecule has 0 saturated carbocycles. The van der Waals surface area contributed by atoms with Crippen molar-refractivity contribution in [3.63, 3.8) is 0 Å². The molecule has 16 heavy (non-hydrogen) atoms. The maximum Gasteiger partial charge on any atom is 0.324 e. The van der Waals surface area contributed by atoms with Gasteiger partial charge in [0.25, 0.3) is 0 Å². The standard InChI is InChI=1S/C11H14BrN3O/c1-8(2)3-5-14-11(16)15-10-7-9(12)4-6-13-10/h3-8H,1-2H3,(H2,13,14,15,16)/b5-3+. The average molecular weight is 284 g/mol. The molecule has 0 unspecified atom stereocenters. The quantitative estimate of drug-likeness (QED) is 0.896. The number of carbonyl (C=O) groups excluding carboxylic acids is 1. The Morgan fingerprint density at radius 1 is 1.56 bits per heavy atom. The highest BCUT2D eigenvalue weighted by Crippen LogP contribution is 2.12. The van der Waals surface area contributed by atoms with E-state index in [1.54, 1.807) is 24.5 Å². The molecule has 1 aromatic rings. The van der Waals surface area contributed by atoms with Crippen molar-refractivity contribution in [3.05, 3.63) is 35.1 Å². The Morgan fingerprint density at radius 3 is 2.94 bits per heavy atom. The van der Waals surface area contributed by atoms with Gasteiger partial charge in [-0.15, -0.1) is 0 Å². The van der Waals surface area contributed by atoms with E-state index < -0.39 is 0 Å². The van der Waals surface area contributed by atoms with Crippen LogP contribution in [0.1, 0.15) is 13.8 Å². The molecular formula is C11H14BrN3O. The topological polar surface area (TPSA) is 54.0 Å². The lowest BCUT2D eigenvalue weighted by molar-refractivity contribution is 0.255. The van der Waals surface area contributed by atoms with E-state index >= 15 is 0 Å². The number of rotatable bonds is 3. The third-order valence-electron chi connectivity index (χ3n) is 1.66. The number of nitrogens with one attached hydrogen (secondary N) is 2. The molecule has 1 heterocycles. The van der Waals surface area contributed by atoms with Crippen LogP contribution in [-0.2, 0) is 0 Å². The number of halogens is 1. The lowest BCUT2D eigenvalue weighted by Gasteiger charge is -2.03. The molecule has 86 valence electrons. The summed E-state index contributed by atoms with van der Waals surface area (Å²) >= 11 is 3.30. The van der Waals surface area contributed by atoms with Crippen LogP contribution < -0.4 is 10.6 Å². The fourth-order valence-corrected chi connectivity index (χ4v) is 1.28. The molecule has 0 aliphatic carbocycles. The third kappa shape index (κ3) is 4.93. The van der Waals surface area contributed by atoms with Crippen molar-refractivity contribution in [2.45, 2.75) is 13.8 Å². The minimum Gasteiger partial charge on any atom is -0.315 e. The van der Waals surface area contributed by atoms with Crippen molar-refractivity contribution in [2.24, 2.45) is 5.92 Å². The van der Waals surface area contributed by atoms with Crippen LogP contribution in [0.3, 0.4) is 0 Å². The Kier molecular flexibility index (Phi) is 4.98. The minimum atomic E-state index is -0.303. The second kappa shape index (κ2) is 6.27. The molecule has 0 aliphatic heterocycles. The molecule has 0 bridgehead atoms. The first-order valence-electron chi connectivity index (χ1n) is 4.93. The molecule has 0 radical (unpaired) electrons. The number of carbonyl (C=O) groups is 1. The molecule has 0 fully saturated rings. The van der Waals surface area contributed by atoms with Crippen LogP contribution in [0, 0.1) is 5.92 Å². The minimum absolute atomic E-state index is 0.303. The van der Waals surface area contributed by atoms with Gasteiger partial charge in [-0.05, 0) is 18.1 Å². The molecule has 1 rings (SSSR count). The second-order valence-electron chi connectivity index (χ2n) is 3.56. The first-order valence-corrected chi connectivity index (χ1v) is 5.73. The maximum absolute atomic E-state index is 11.4. The first-order chi connectivity index (χ1) is 7.58. The van der Waals surface area contributed by atoms with Crippen LogP contribution in [-0.4, -0.2) is 11.0 Å². The summed E-state index contributed by atoms with van der Waals surface area (Å²) in [4.78, 5) is 15.4. The normalized spacial score (nSPS) is 10.8. The van der Waals surface area contributed by atoms with Gasteiger partial charge in [0.05, 0.1) is 0 Å². The van der Waals surface area contributed by atoms with Crippen molar-refractivity contribution in [1.29, 1.82) is 0 Å². The van der Waals surface area contributed by atoms with E-state index in [1.165, 1.54) is 0 Å². The van der Waals surface area contributed by atoms with Gasteiger partial charge >= 0.3 is 6.03 Å². The summed E-state index contributed by atoms with van der Waals surface area (Å²) in [7, 11) is 0. The van der Waals surface area contributed by atoms with Crippen molar-refractivity contribution in [2.75, 3.05) is 5.32 Å². The number of hydrogen-bond donors (Lipinski definition) is 2. The zero-order valence-electron chi connectivity index (χ0n) is 9.20. The highest BCUT2D eigenvalue weighted by molar-refractivity contribution is 9.10. The van der Waals surface area contributed by atoms with Gasteiger partial charge in [0.1, 0.15) is 5.82 Å². The van der Waals surface area contributed by atoms with Crippen LogP contribution in [0.4, 0.5) is 10.6 Å². The first kappa shape index (κ1) is 12.7. The molecule has 1 aromatic heterocycles. The third-order valence-corrected chi connectivity index (χ3v) is 2.15. The smallest absolute Gasteiger partial charge is 0.315 e. The molecule has 2 N–H and O–H groups in total. The molecule has 0 saturated heterocycles. The van der Waals surface area contributed by atoms with Gasteiger partial charge in [0.15, 0.2) is 0 Å². The number of anilines is 1. The highest BCUT2D eigenvalue weighted by atomic mass is 79.9. The van der Waals surface area contributed by atoms with E-state index in [0.29, 0.717) is 11.7 Å². The van der Waals surface area contributed by atoms with E-state index in [1.807, 2.05) is 19.9 Å². The molecule has 0 aromatic carbocycles. The van der Waals surface area contributed by atoms with Gasteiger partial charge in [-0.25, -0.2) is 9.78 Å². The molecule has 4 nitrogen and oxygen atoms in total. The monoisotopic (exact) mass is 283 g/mol. The Morgan fingerprint density at radius 2 is 2.31 bits per heavy atom. The maximum atomic E-state index is 11.4. The van der Waals surface area contributed by atoms with Crippen LogP contribution in [0.5, 0.6) is 0 Å². The zero-order valence-corrected chi connectivity index (χ0v) is 10.8. The zero-order chi connectivity index (χ0) is 12.0. The summed E-state index contributed by atoms with van der Waals surface area (Å²) in [6, 6.07) is 3.22. The van der Waals surface area contributed by atoms with Gasteiger partial charge in [-0.1, -0.05) is 35.9 Å². The van der Waals surface area contributed by atoms with E-state index in [4.69, 9.17) is 0 Å². The summed E-state index contributed by atoms with van der Waals surface area (Å²) in [5.41, 5.74) is 0. The fraction of sp³-hybridized carbons (Fsp3) is 0.273. The average Bonchev–Trinajstić information content (AvgIpc) is 2.16. The van der Waals surface area contributed by atoms with Crippen molar-refractivity contribution < 1.29 is 4.79 Å². The number of hydrogen-bond acceptors (Lipinski definition) is 2. The van der Waals surface area contributed by atoms with Crippen molar-refractivity contribution >= 4 is 27.8 Å². The van der Waals surface area contributed by atoms with E-state index in [0.717, 1.165) is 4.47 Å². The number of pyridine rings is 1. The molecule has 0 aliphatic rings. The summed E-state index contributed by atoms with van der Waals surface area (Å²) in [5.74, 6) is 0.911. The molecule has 0 atom stereocenters. The number of aromatic nitrogens is 1. The lowest BCUT2D eigenvalue weighted by Crippen LogP contribution is -2.24. The highest BCUT2D eigenvalue weighted by Gasteiger charge is 2.00. The Balaban J connectivity index is 2.46. The van der Waals surface area contributed by atoms with Gasteiger partial charge in [-0.3, -0.25) is 5.32 Å². The van der Waals surface area contributed by atoms with Gasteiger partial charge in [-0.2, -0.15) is 0 Å². The second-order valence-corrected chi connectivity index (χ2v) is 4.48. The summed E-state index contributed by atoms with van der Waals surface area (Å²) in [6.45, 7) is 4.07. The largest absolute Gasteiger partial charge is 0.324 e. The van der Waals surface area contributed by atoms with E-state index in [2.05, 4.69) is 31.5 Å². The molecule has 5 heteroatoms. The van der Waals surface area contributed by atoms with Crippen molar-refractivity contribution in [1.82, 2.24) is 10.3 Å². The van der Waals surface area contributed by atoms with Gasteiger partial charge < -0.3 is 5.32 Å². The lowest BCUT2D eigenvalue weighted by atomic mass is 10.2. The number of amides is 2. The SMILES string of the molecule is CC(C)/C=C/NC(=O)Nc1cc(Br)ccn1.